The average Bonchev–Trinajstić information content (AvgIpc) is 3.89. The minimum Gasteiger partial charge on any atom is -0.355 e. The first kappa shape index (κ1) is 47.2. The van der Waals surface area contributed by atoms with E-state index < -0.39 is 16.1 Å². The van der Waals surface area contributed by atoms with Gasteiger partial charge in [-0.05, 0) is 123 Å². The van der Waals surface area contributed by atoms with E-state index in [0.29, 0.717) is 55.8 Å². The summed E-state index contributed by atoms with van der Waals surface area (Å²) in [6, 6.07) is 31.8. The van der Waals surface area contributed by atoms with Crippen LogP contribution in [0.3, 0.4) is 0 Å². The van der Waals surface area contributed by atoms with E-state index in [1.807, 2.05) is 72.8 Å². The molecule has 0 saturated heterocycles. The molecule has 2 aromatic heterocycles. The number of H-pyrrole nitrogens is 2. The van der Waals surface area contributed by atoms with Crippen LogP contribution >= 0.6 is 0 Å². The lowest BCUT2D eigenvalue weighted by molar-refractivity contribution is 0.102. The van der Waals surface area contributed by atoms with Crippen molar-refractivity contribution in [3.8, 4) is 22.9 Å². The van der Waals surface area contributed by atoms with Crippen LogP contribution in [0.1, 0.15) is 176 Å². The minimum atomic E-state index is -1.87. The maximum atomic E-state index is 13.9. The van der Waals surface area contributed by atoms with Crippen molar-refractivity contribution in [2.24, 2.45) is 0 Å². The van der Waals surface area contributed by atoms with Crippen LogP contribution in [0.4, 0.5) is 0 Å². The van der Waals surface area contributed by atoms with Crippen molar-refractivity contribution in [3.63, 3.8) is 0 Å². The van der Waals surface area contributed by atoms with Gasteiger partial charge in [0, 0.05) is 33.6 Å². The fourth-order valence-electron chi connectivity index (χ4n) is 10.1. The zero-order valence-electron chi connectivity index (χ0n) is 39.6. The molecule has 0 spiro atoms. The molecule has 0 fully saturated rings. The molecule has 0 amide bonds. The third-order valence-electron chi connectivity index (χ3n) is 13.5. The Labute approximate surface area is 370 Å². The van der Waals surface area contributed by atoms with Crippen molar-refractivity contribution in [1.82, 2.24) is 9.97 Å². The van der Waals surface area contributed by atoms with Crippen molar-refractivity contribution in [2.45, 2.75) is 148 Å². The molecule has 0 aliphatic rings. The molecular formula is C55H70N2O2Si2. The Morgan fingerprint density at radius 2 is 0.787 bits per heavy atom. The van der Waals surface area contributed by atoms with Gasteiger partial charge in [0.1, 0.15) is 16.1 Å². The number of rotatable bonds is 13. The summed E-state index contributed by atoms with van der Waals surface area (Å²) in [7, 11) is -3.75. The maximum Gasteiger partial charge on any atom is 0.209 e. The fraction of sp³-hybridized carbons (Fsp3) is 0.418. The summed E-state index contributed by atoms with van der Waals surface area (Å²) in [6.45, 7) is 34.5. The predicted octanol–water partition coefficient (Wildman–Crippen LogP) is 14.4. The zero-order chi connectivity index (χ0) is 45.0. The van der Waals surface area contributed by atoms with E-state index in [2.05, 4.69) is 161 Å². The van der Waals surface area contributed by atoms with E-state index in [1.54, 1.807) is 0 Å². The molecule has 5 aromatic rings. The van der Waals surface area contributed by atoms with Crippen LogP contribution < -0.4 is 0 Å². The van der Waals surface area contributed by atoms with Crippen LogP contribution in [0.5, 0.6) is 0 Å². The smallest absolute Gasteiger partial charge is 0.209 e. The highest BCUT2D eigenvalue weighted by Gasteiger charge is 2.42. The molecule has 0 atom stereocenters. The Morgan fingerprint density at radius 3 is 1.08 bits per heavy atom. The van der Waals surface area contributed by atoms with E-state index >= 15 is 0 Å². The summed E-state index contributed by atoms with van der Waals surface area (Å²) in [5.41, 5.74) is 19.0. The minimum absolute atomic E-state index is 0.000982. The van der Waals surface area contributed by atoms with Gasteiger partial charge in [-0.3, -0.25) is 9.59 Å². The molecule has 0 bridgehead atoms. The highest BCUT2D eigenvalue weighted by Crippen LogP contribution is 2.42. The lowest BCUT2D eigenvalue weighted by Crippen LogP contribution is -2.43. The molecule has 0 unspecified atom stereocenters. The van der Waals surface area contributed by atoms with Crippen molar-refractivity contribution in [3.05, 3.63) is 153 Å². The normalized spacial score (nSPS) is 12.4. The van der Waals surface area contributed by atoms with Crippen molar-refractivity contribution in [2.75, 3.05) is 0 Å². The summed E-state index contributed by atoms with van der Waals surface area (Å²) in [6.07, 6.45) is 0. The number of ketones is 2. The first-order chi connectivity index (χ1) is 28.6. The second-order valence-electron chi connectivity index (χ2n) is 20.1. The molecule has 4 nitrogen and oxygen atoms in total. The number of carbonyl (C=O) groups excluding carboxylic acids is 2. The molecule has 3 aromatic carbocycles. The number of hydrogen-bond acceptors (Lipinski definition) is 2. The summed E-state index contributed by atoms with van der Waals surface area (Å²) in [5.74, 6) is 6.58. The van der Waals surface area contributed by atoms with Crippen LogP contribution in [-0.4, -0.2) is 37.7 Å². The molecule has 6 heteroatoms. The molecule has 0 radical (unpaired) electrons. The Kier molecular flexibility index (Phi) is 14.7. The maximum absolute atomic E-state index is 13.9. The standard InChI is InChI=1S/C55H70N2O2Si2/c1-36(2)60(37(3)4,38(5)6)34-32-42-16-20-45(21-17-42)53(58)50-30-28-48(56-50)52(44-24-26-47(27-25-44)55(13,14)15)49-29-31-51(57-49)54(59)46-22-18-43(19-23-46)33-35-61(39(7)8,40(9)10)41(11)12/h16-31,36-41,52,56-57H,1-15H3. The third-order valence-corrected chi connectivity index (χ3v) is 26.1. The molecule has 5 rings (SSSR count). The Balaban J connectivity index is 1.44. The lowest BCUT2D eigenvalue weighted by atomic mass is 9.84. The lowest BCUT2D eigenvalue weighted by Gasteiger charge is -2.38. The van der Waals surface area contributed by atoms with Gasteiger partial charge >= 0.3 is 0 Å². The average molecular weight is 847 g/mol. The molecule has 320 valence electrons. The monoisotopic (exact) mass is 846 g/mol. The SMILES string of the molecule is CC(C)[Si](C#Cc1ccc(C(=O)c2ccc(C(c3ccc(C(C)(C)C)cc3)c3ccc(C(=O)c4ccc(C#C[Si](C(C)C)(C(C)C)C(C)C)cc4)[nH]3)[nH]2)cc1)(C(C)C)C(C)C. The van der Waals surface area contributed by atoms with E-state index in [0.717, 1.165) is 28.1 Å². The second kappa shape index (κ2) is 19.0. The van der Waals surface area contributed by atoms with Crippen LogP contribution in [-0.2, 0) is 5.41 Å². The third kappa shape index (κ3) is 9.93. The topological polar surface area (TPSA) is 65.7 Å². The summed E-state index contributed by atoms with van der Waals surface area (Å²) in [4.78, 5) is 34.8. The Bertz CT molecular complexity index is 2220. The van der Waals surface area contributed by atoms with Gasteiger partial charge in [0.15, 0.2) is 0 Å². The van der Waals surface area contributed by atoms with Crippen LogP contribution in [0, 0.1) is 22.9 Å². The van der Waals surface area contributed by atoms with Gasteiger partial charge in [-0.15, -0.1) is 11.1 Å². The molecule has 61 heavy (non-hydrogen) atoms. The molecule has 2 heterocycles. The number of aromatic amines is 2. The van der Waals surface area contributed by atoms with E-state index in [4.69, 9.17) is 0 Å². The summed E-state index contributed by atoms with van der Waals surface area (Å²) in [5, 5.41) is 0. The van der Waals surface area contributed by atoms with Crippen molar-refractivity contribution < 1.29 is 9.59 Å². The van der Waals surface area contributed by atoms with Crippen LogP contribution in [0.25, 0.3) is 0 Å². The zero-order valence-corrected chi connectivity index (χ0v) is 41.6. The van der Waals surface area contributed by atoms with E-state index in [1.165, 1.54) is 5.56 Å². The number of benzene rings is 3. The van der Waals surface area contributed by atoms with E-state index in [9.17, 15) is 9.59 Å². The molecule has 0 saturated carbocycles. The predicted molar refractivity (Wildman–Crippen MR) is 263 cm³/mol. The van der Waals surface area contributed by atoms with Gasteiger partial charge in [-0.2, -0.15) is 0 Å². The number of nitrogens with one attached hydrogen (secondary N) is 2. The summed E-state index contributed by atoms with van der Waals surface area (Å²) >= 11 is 0. The number of hydrogen-bond donors (Lipinski definition) is 2. The largest absolute Gasteiger partial charge is 0.355 e. The molecule has 0 aliphatic carbocycles. The molecular weight excluding hydrogens is 777 g/mol. The first-order valence-electron chi connectivity index (χ1n) is 22.5. The van der Waals surface area contributed by atoms with Gasteiger partial charge < -0.3 is 9.97 Å². The number of aromatic nitrogens is 2. The van der Waals surface area contributed by atoms with Gasteiger partial charge in [0.2, 0.25) is 11.6 Å². The highest BCUT2D eigenvalue weighted by molar-refractivity contribution is 6.91. The van der Waals surface area contributed by atoms with Gasteiger partial charge in [-0.25, -0.2) is 0 Å². The van der Waals surface area contributed by atoms with Gasteiger partial charge in [-0.1, -0.05) is 140 Å². The highest BCUT2D eigenvalue weighted by atomic mass is 28.3. The Hall–Kier alpha value is -4.89. The van der Waals surface area contributed by atoms with Crippen LogP contribution in [0.15, 0.2) is 97.1 Å². The van der Waals surface area contributed by atoms with Gasteiger partial charge in [0.05, 0.1) is 17.3 Å². The van der Waals surface area contributed by atoms with E-state index in [-0.39, 0.29) is 22.9 Å². The summed E-state index contributed by atoms with van der Waals surface area (Å²) < 4.78 is 0. The van der Waals surface area contributed by atoms with Crippen molar-refractivity contribution >= 4 is 27.7 Å². The second-order valence-corrected chi connectivity index (χ2v) is 31.2. The molecule has 2 N–H and O–H groups in total. The molecule has 0 aliphatic heterocycles. The van der Waals surface area contributed by atoms with Crippen LogP contribution in [0.2, 0.25) is 33.2 Å². The Morgan fingerprint density at radius 1 is 0.459 bits per heavy atom. The fourth-order valence-corrected chi connectivity index (χ4v) is 20.5. The quantitative estimate of drug-likeness (QED) is 0.0704. The number of carbonyl (C=O) groups is 2. The van der Waals surface area contributed by atoms with Gasteiger partial charge in [0.25, 0.3) is 0 Å². The van der Waals surface area contributed by atoms with Crippen molar-refractivity contribution in [1.29, 1.82) is 0 Å². The first-order valence-corrected chi connectivity index (χ1v) is 26.9.